The number of carbonyl (C=O) groups is 2. The summed E-state index contributed by atoms with van der Waals surface area (Å²) in [7, 11) is 0. The van der Waals surface area contributed by atoms with Gasteiger partial charge in [0.15, 0.2) is 11.2 Å². The molecular weight excluding hydrogens is 411 g/mol. The van der Waals surface area contributed by atoms with Gasteiger partial charge in [-0.1, -0.05) is 87.9 Å². The predicted octanol–water partition coefficient (Wildman–Crippen LogP) is 7.39. The van der Waals surface area contributed by atoms with Crippen LogP contribution in [0.1, 0.15) is 85.0 Å². The van der Waals surface area contributed by atoms with Crippen LogP contribution in [-0.4, -0.2) is 18.5 Å². The number of rotatable bonds is 14. The minimum Gasteiger partial charge on any atom is -0.465 e. The molecule has 0 unspecified atom stereocenters. The van der Waals surface area contributed by atoms with Gasteiger partial charge in [0, 0.05) is 11.1 Å². The van der Waals surface area contributed by atoms with E-state index < -0.39 is 17.4 Å². The van der Waals surface area contributed by atoms with Crippen LogP contribution in [0.2, 0.25) is 10.0 Å². The van der Waals surface area contributed by atoms with Crippen LogP contribution in [0.5, 0.6) is 5.75 Å². The zero-order chi connectivity index (χ0) is 21.7. The molecule has 6 heteroatoms. The van der Waals surface area contributed by atoms with Gasteiger partial charge in [-0.05, 0) is 32.4 Å². The summed E-state index contributed by atoms with van der Waals surface area (Å²) >= 11 is 11.9. The minimum atomic E-state index is -1.43. The van der Waals surface area contributed by atoms with Gasteiger partial charge in [-0.25, -0.2) is 0 Å². The Labute approximate surface area is 185 Å². The van der Waals surface area contributed by atoms with Crippen molar-refractivity contribution in [1.29, 1.82) is 0 Å². The number of halogens is 2. The molecule has 1 rings (SSSR count). The first-order valence-electron chi connectivity index (χ1n) is 10.6. The van der Waals surface area contributed by atoms with E-state index in [0.29, 0.717) is 11.6 Å². The summed E-state index contributed by atoms with van der Waals surface area (Å²) in [5, 5.41) is 0.635. The molecular formula is C23H34Cl2O4. The maximum atomic E-state index is 12.4. The van der Waals surface area contributed by atoms with Gasteiger partial charge >= 0.3 is 11.9 Å². The summed E-state index contributed by atoms with van der Waals surface area (Å²) in [4.78, 5) is 24.7. The van der Waals surface area contributed by atoms with Gasteiger partial charge in [-0.3, -0.25) is 9.59 Å². The first-order chi connectivity index (χ1) is 13.8. The Balaban J connectivity index is 2.25. The van der Waals surface area contributed by atoms with Crippen LogP contribution in [0.4, 0.5) is 0 Å². The molecule has 0 aliphatic rings. The number of unbranched alkanes of at least 4 members (excludes halogenated alkanes) is 9. The van der Waals surface area contributed by atoms with Crippen molar-refractivity contribution in [2.24, 2.45) is 5.41 Å². The molecule has 0 aliphatic carbocycles. The van der Waals surface area contributed by atoms with Crippen molar-refractivity contribution in [1.82, 2.24) is 0 Å². The molecule has 29 heavy (non-hydrogen) atoms. The highest BCUT2D eigenvalue weighted by Gasteiger charge is 2.40. The van der Waals surface area contributed by atoms with Crippen LogP contribution in [0, 0.1) is 5.41 Å². The monoisotopic (exact) mass is 444 g/mol. The molecule has 0 saturated heterocycles. The fourth-order valence-corrected chi connectivity index (χ4v) is 3.12. The number of esters is 2. The smallest absolute Gasteiger partial charge is 0.328 e. The molecule has 1 aromatic rings. The van der Waals surface area contributed by atoms with Crippen molar-refractivity contribution in [3.8, 4) is 5.75 Å². The highest BCUT2D eigenvalue weighted by Crippen LogP contribution is 2.30. The summed E-state index contributed by atoms with van der Waals surface area (Å²) in [5.74, 6) is -1.20. The molecule has 0 N–H and O–H groups in total. The van der Waals surface area contributed by atoms with Gasteiger partial charge in [0.2, 0.25) is 0 Å². The largest absolute Gasteiger partial charge is 0.465 e. The number of carbonyl (C=O) groups excluding carboxylic acids is 2. The zero-order valence-corrected chi connectivity index (χ0v) is 19.4. The maximum absolute atomic E-state index is 12.4. The van der Waals surface area contributed by atoms with E-state index in [4.69, 9.17) is 32.7 Å². The molecule has 0 aliphatic heterocycles. The molecule has 1 aromatic carbocycles. The van der Waals surface area contributed by atoms with Gasteiger partial charge < -0.3 is 9.47 Å². The molecule has 0 fully saturated rings. The van der Waals surface area contributed by atoms with Crippen LogP contribution in [-0.2, 0) is 14.3 Å². The second-order valence-corrected chi connectivity index (χ2v) is 8.75. The van der Waals surface area contributed by atoms with Crippen LogP contribution in [0.25, 0.3) is 0 Å². The average Bonchev–Trinajstić information content (AvgIpc) is 2.68. The number of ether oxygens (including phenoxy) is 2. The standard InChI is InChI=1S/C23H34Cl2O4/c1-4-5-6-7-8-9-10-11-12-13-16-28-21(26)23(2,3)22(27)29-20-17-18(24)14-15-19(20)25/h14-15,17H,4-13,16H2,1-3H3. The highest BCUT2D eigenvalue weighted by molar-refractivity contribution is 6.34. The Kier molecular flexibility index (Phi) is 12.3. The van der Waals surface area contributed by atoms with E-state index in [1.54, 1.807) is 6.07 Å². The van der Waals surface area contributed by atoms with Gasteiger partial charge in [0.25, 0.3) is 0 Å². The third kappa shape index (κ3) is 9.86. The minimum absolute atomic E-state index is 0.125. The lowest BCUT2D eigenvalue weighted by atomic mass is 9.94. The molecule has 0 bridgehead atoms. The van der Waals surface area contributed by atoms with E-state index in [-0.39, 0.29) is 10.8 Å². The quantitative estimate of drug-likeness (QED) is 0.130. The van der Waals surface area contributed by atoms with Crippen LogP contribution in [0.15, 0.2) is 18.2 Å². The van der Waals surface area contributed by atoms with Crippen molar-refractivity contribution in [2.45, 2.75) is 85.0 Å². The maximum Gasteiger partial charge on any atom is 0.328 e. The summed E-state index contributed by atoms with van der Waals surface area (Å²) in [5.41, 5.74) is -1.43. The van der Waals surface area contributed by atoms with E-state index in [0.717, 1.165) is 19.3 Å². The second-order valence-electron chi connectivity index (χ2n) is 7.91. The molecule has 0 saturated carbocycles. The van der Waals surface area contributed by atoms with Crippen molar-refractivity contribution >= 4 is 35.1 Å². The van der Waals surface area contributed by atoms with E-state index in [1.807, 2.05) is 0 Å². The predicted molar refractivity (Wildman–Crippen MR) is 119 cm³/mol. The van der Waals surface area contributed by atoms with Crippen molar-refractivity contribution < 1.29 is 19.1 Å². The van der Waals surface area contributed by atoms with Gasteiger partial charge in [0.1, 0.15) is 0 Å². The van der Waals surface area contributed by atoms with Crippen molar-refractivity contribution in [3.05, 3.63) is 28.2 Å². The Morgan fingerprint density at radius 1 is 0.862 bits per heavy atom. The normalized spacial score (nSPS) is 11.3. The molecule has 4 nitrogen and oxygen atoms in total. The van der Waals surface area contributed by atoms with Gasteiger partial charge in [-0.15, -0.1) is 0 Å². The van der Waals surface area contributed by atoms with Crippen molar-refractivity contribution in [2.75, 3.05) is 6.61 Å². The molecule has 0 aromatic heterocycles. The SMILES string of the molecule is CCCCCCCCCCCCOC(=O)C(C)(C)C(=O)Oc1cc(Cl)ccc1Cl. The number of hydrogen-bond acceptors (Lipinski definition) is 4. The highest BCUT2D eigenvalue weighted by atomic mass is 35.5. The average molecular weight is 445 g/mol. The summed E-state index contributed by atoms with van der Waals surface area (Å²) in [6.07, 6.45) is 12.0. The molecule has 0 amide bonds. The lowest BCUT2D eigenvalue weighted by Crippen LogP contribution is -2.38. The fourth-order valence-electron chi connectivity index (χ4n) is 2.80. The van der Waals surface area contributed by atoms with E-state index >= 15 is 0 Å². The number of hydrogen-bond donors (Lipinski definition) is 0. The van der Waals surface area contributed by atoms with Crippen LogP contribution in [0.3, 0.4) is 0 Å². The Morgan fingerprint density at radius 3 is 2.00 bits per heavy atom. The fraction of sp³-hybridized carbons (Fsp3) is 0.652. The lowest BCUT2D eigenvalue weighted by molar-refractivity contribution is -0.164. The molecule has 0 radical (unpaired) electrons. The van der Waals surface area contributed by atoms with Crippen LogP contribution >= 0.6 is 23.2 Å². The van der Waals surface area contributed by atoms with Gasteiger partial charge in [-0.2, -0.15) is 0 Å². The zero-order valence-electron chi connectivity index (χ0n) is 17.9. The Hall–Kier alpha value is -1.26. The topological polar surface area (TPSA) is 52.6 Å². The van der Waals surface area contributed by atoms with E-state index in [2.05, 4.69) is 6.92 Å². The third-order valence-electron chi connectivity index (χ3n) is 4.85. The lowest BCUT2D eigenvalue weighted by Gasteiger charge is -2.21. The van der Waals surface area contributed by atoms with Crippen LogP contribution < -0.4 is 4.74 Å². The second kappa shape index (κ2) is 13.9. The van der Waals surface area contributed by atoms with E-state index in [1.165, 1.54) is 70.9 Å². The van der Waals surface area contributed by atoms with Gasteiger partial charge in [0.05, 0.1) is 11.6 Å². The summed E-state index contributed by atoms with van der Waals surface area (Å²) < 4.78 is 10.6. The van der Waals surface area contributed by atoms with E-state index in [9.17, 15) is 9.59 Å². The molecule has 164 valence electrons. The Morgan fingerprint density at radius 2 is 1.41 bits per heavy atom. The first-order valence-corrected chi connectivity index (χ1v) is 11.4. The third-order valence-corrected chi connectivity index (χ3v) is 5.39. The molecule has 0 heterocycles. The van der Waals surface area contributed by atoms with Crippen molar-refractivity contribution in [3.63, 3.8) is 0 Å². The molecule has 0 atom stereocenters. The Bertz CT molecular complexity index is 644. The summed E-state index contributed by atoms with van der Waals surface area (Å²) in [6, 6.07) is 4.56. The summed E-state index contributed by atoms with van der Waals surface area (Å²) in [6.45, 7) is 5.50. The molecule has 0 spiro atoms. The number of benzene rings is 1. The first kappa shape index (κ1) is 25.8.